The van der Waals surface area contributed by atoms with Crippen LogP contribution in [0.4, 0.5) is 0 Å². The van der Waals surface area contributed by atoms with Gasteiger partial charge in [0.1, 0.15) is 5.82 Å². The van der Waals surface area contributed by atoms with Crippen LogP contribution in [0.2, 0.25) is 0 Å². The van der Waals surface area contributed by atoms with Crippen LogP contribution in [0.1, 0.15) is 26.1 Å². The predicted molar refractivity (Wildman–Crippen MR) is 67.9 cm³/mol. The van der Waals surface area contributed by atoms with E-state index in [2.05, 4.69) is 29.1 Å². The third kappa shape index (κ3) is 1.55. The maximum absolute atomic E-state index is 4.75. The topological polar surface area (TPSA) is 53.6 Å². The van der Waals surface area contributed by atoms with E-state index >= 15 is 0 Å². The number of nitrogens with one attached hydrogen (secondary N) is 2. The Balaban J connectivity index is 2.12. The molecule has 2 N–H and O–H groups in total. The van der Waals surface area contributed by atoms with Crippen LogP contribution in [0.25, 0.3) is 11.0 Å². The van der Waals surface area contributed by atoms with Crippen molar-refractivity contribution < 1.29 is 0 Å². The molecule has 1 saturated heterocycles. The Morgan fingerprint density at radius 1 is 1.41 bits per heavy atom. The van der Waals surface area contributed by atoms with Crippen molar-refractivity contribution in [1.29, 1.82) is 0 Å². The maximum atomic E-state index is 4.75. The molecule has 1 aliphatic rings. The van der Waals surface area contributed by atoms with Gasteiger partial charge in [-0.1, -0.05) is 13.8 Å². The summed E-state index contributed by atoms with van der Waals surface area (Å²) in [5, 5.41) is 3.46. The fraction of sp³-hybridized carbons (Fsp3) is 0.538. The first kappa shape index (κ1) is 10.7. The maximum Gasteiger partial charge on any atom is 0.115 e. The molecule has 0 radical (unpaired) electrons. The van der Waals surface area contributed by atoms with Crippen molar-refractivity contribution in [2.45, 2.75) is 25.7 Å². The van der Waals surface area contributed by atoms with Gasteiger partial charge in [-0.2, -0.15) is 0 Å². The first-order chi connectivity index (χ1) is 8.22. The van der Waals surface area contributed by atoms with Crippen LogP contribution in [0.5, 0.6) is 0 Å². The minimum atomic E-state index is 0.152. The van der Waals surface area contributed by atoms with Crippen LogP contribution in [0, 0.1) is 5.92 Å². The summed E-state index contributed by atoms with van der Waals surface area (Å²) in [4.78, 5) is 12.3. The van der Waals surface area contributed by atoms with Gasteiger partial charge in [0.25, 0.3) is 0 Å². The molecule has 1 atom stereocenters. The van der Waals surface area contributed by atoms with Gasteiger partial charge >= 0.3 is 0 Å². The van der Waals surface area contributed by atoms with E-state index in [1.807, 2.05) is 12.3 Å². The van der Waals surface area contributed by atoms with Crippen molar-refractivity contribution in [3.05, 3.63) is 24.3 Å². The molecule has 17 heavy (non-hydrogen) atoms. The van der Waals surface area contributed by atoms with Crippen molar-refractivity contribution >= 4 is 11.0 Å². The molecule has 1 aliphatic heterocycles. The number of aromatic nitrogens is 3. The van der Waals surface area contributed by atoms with Crippen molar-refractivity contribution in [2.24, 2.45) is 5.92 Å². The van der Waals surface area contributed by atoms with Crippen LogP contribution in [0.3, 0.4) is 0 Å². The number of hydrogen-bond donors (Lipinski definition) is 2. The average Bonchev–Trinajstić information content (AvgIpc) is 2.96. The van der Waals surface area contributed by atoms with Gasteiger partial charge in [0.15, 0.2) is 0 Å². The van der Waals surface area contributed by atoms with Crippen molar-refractivity contribution in [3.8, 4) is 0 Å². The number of rotatable bonds is 2. The van der Waals surface area contributed by atoms with E-state index in [1.54, 1.807) is 6.20 Å². The van der Waals surface area contributed by atoms with Gasteiger partial charge in [0, 0.05) is 18.2 Å². The van der Waals surface area contributed by atoms with Gasteiger partial charge in [0.2, 0.25) is 0 Å². The highest BCUT2D eigenvalue weighted by Gasteiger charge is 2.41. The number of pyridine rings is 1. The summed E-state index contributed by atoms with van der Waals surface area (Å²) < 4.78 is 0. The lowest BCUT2D eigenvalue weighted by Crippen LogP contribution is -2.35. The molecule has 0 saturated carbocycles. The van der Waals surface area contributed by atoms with Crippen molar-refractivity contribution in [3.63, 3.8) is 0 Å². The number of imidazole rings is 1. The van der Waals surface area contributed by atoms with Gasteiger partial charge in [-0.3, -0.25) is 4.98 Å². The second-order valence-corrected chi connectivity index (χ2v) is 5.22. The summed E-state index contributed by atoms with van der Waals surface area (Å²) in [6.45, 7) is 6.64. The molecule has 1 unspecified atom stereocenters. The van der Waals surface area contributed by atoms with Gasteiger partial charge in [-0.25, -0.2) is 4.98 Å². The zero-order valence-corrected chi connectivity index (χ0v) is 10.3. The minimum Gasteiger partial charge on any atom is -0.340 e. The fourth-order valence-corrected chi connectivity index (χ4v) is 2.77. The van der Waals surface area contributed by atoms with Crippen LogP contribution in [-0.4, -0.2) is 28.0 Å². The summed E-state index contributed by atoms with van der Waals surface area (Å²) >= 11 is 0. The summed E-state index contributed by atoms with van der Waals surface area (Å²) in [6, 6.07) is 1.96. The van der Waals surface area contributed by atoms with Crippen molar-refractivity contribution in [1.82, 2.24) is 20.3 Å². The summed E-state index contributed by atoms with van der Waals surface area (Å²) in [7, 11) is 0. The molecule has 1 fully saturated rings. The summed E-state index contributed by atoms with van der Waals surface area (Å²) in [5.41, 5.74) is 2.20. The Morgan fingerprint density at radius 3 is 2.94 bits per heavy atom. The predicted octanol–water partition coefficient (Wildman–Crippen LogP) is 1.84. The highest BCUT2D eigenvalue weighted by Crippen LogP contribution is 2.36. The first-order valence-corrected chi connectivity index (χ1v) is 6.23. The molecule has 4 heteroatoms. The monoisotopic (exact) mass is 230 g/mol. The number of aromatic amines is 1. The van der Waals surface area contributed by atoms with Gasteiger partial charge in [0.05, 0.1) is 17.2 Å². The standard InChI is InChI=1S/C13H18N4/c1-9(2)13(4-6-15-8-13)12-16-10-3-5-14-7-11(10)17-12/h3,5,7,9,15H,4,6,8H2,1-2H3,(H,16,17). The fourth-order valence-electron chi connectivity index (χ4n) is 2.77. The Morgan fingerprint density at radius 2 is 2.29 bits per heavy atom. The van der Waals surface area contributed by atoms with E-state index < -0.39 is 0 Å². The minimum absolute atomic E-state index is 0.152. The molecule has 3 rings (SSSR count). The largest absolute Gasteiger partial charge is 0.340 e. The SMILES string of the molecule is CC(C)C1(c2nc3ccncc3[nH]2)CCNC1. The van der Waals surface area contributed by atoms with Crippen LogP contribution >= 0.6 is 0 Å². The molecule has 2 aromatic heterocycles. The molecule has 0 aliphatic carbocycles. The zero-order valence-electron chi connectivity index (χ0n) is 10.3. The van der Waals surface area contributed by atoms with E-state index in [9.17, 15) is 0 Å². The van der Waals surface area contributed by atoms with Gasteiger partial charge in [-0.05, 0) is 24.9 Å². The Kier molecular flexibility index (Phi) is 2.40. The Labute approximate surface area is 101 Å². The molecule has 0 spiro atoms. The summed E-state index contributed by atoms with van der Waals surface area (Å²) in [5.74, 6) is 1.69. The molecule has 0 bridgehead atoms. The van der Waals surface area contributed by atoms with E-state index in [4.69, 9.17) is 4.98 Å². The molecule has 3 heterocycles. The van der Waals surface area contributed by atoms with Crippen molar-refractivity contribution in [2.75, 3.05) is 13.1 Å². The Hall–Kier alpha value is -1.42. The Bertz CT molecular complexity index is 490. The highest BCUT2D eigenvalue weighted by molar-refractivity contribution is 5.73. The summed E-state index contributed by atoms with van der Waals surface area (Å²) in [6.07, 6.45) is 4.79. The normalized spacial score (nSPS) is 24.9. The number of hydrogen-bond acceptors (Lipinski definition) is 3. The number of fused-ring (bicyclic) bond motifs is 1. The van der Waals surface area contributed by atoms with Gasteiger partial charge in [-0.15, -0.1) is 0 Å². The van der Waals surface area contributed by atoms with Crippen LogP contribution < -0.4 is 5.32 Å². The second kappa shape index (κ2) is 3.81. The van der Waals surface area contributed by atoms with E-state index in [1.165, 1.54) is 0 Å². The molecule has 2 aromatic rings. The third-order valence-corrected chi connectivity index (χ3v) is 4.05. The smallest absolute Gasteiger partial charge is 0.115 e. The quantitative estimate of drug-likeness (QED) is 0.827. The molecular formula is C13H18N4. The van der Waals surface area contributed by atoms with E-state index in [0.29, 0.717) is 5.92 Å². The number of nitrogens with zero attached hydrogens (tertiary/aromatic N) is 2. The average molecular weight is 230 g/mol. The lowest BCUT2D eigenvalue weighted by Gasteiger charge is -2.30. The molecule has 90 valence electrons. The second-order valence-electron chi connectivity index (χ2n) is 5.22. The first-order valence-electron chi connectivity index (χ1n) is 6.23. The number of H-pyrrole nitrogens is 1. The molecule has 0 aromatic carbocycles. The van der Waals surface area contributed by atoms with Crippen LogP contribution in [0.15, 0.2) is 18.5 Å². The zero-order chi connectivity index (χ0) is 11.9. The lowest BCUT2D eigenvalue weighted by atomic mass is 9.76. The van der Waals surface area contributed by atoms with E-state index in [-0.39, 0.29) is 5.41 Å². The lowest BCUT2D eigenvalue weighted by molar-refractivity contribution is 0.321. The third-order valence-electron chi connectivity index (χ3n) is 4.05. The van der Waals surface area contributed by atoms with Gasteiger partial charge < -0.3 is 10.3 Å². The van der Waals surface area contributed by atoms with Crippen LogP contribution in [-0.2, 0) is 5.41 Å². The highest BCUT2D eigenvalue weighted by atomic mass is 15.0. The molecule has 4 nitrogen and oxygen atoms in total. The van der Waals surface area contributed by atoms with E-state index in [0.717, 1.165) is 36.4 Å². The molecular weight excluding hydrogens is 212 g/mol. The molecule has 0 amide bonds.